The SMILES string of the molecule is N/C(=C\C=C/Cn1c2ccccc2c2ccccc21)c1ccc2oc3ccc(-n4c5c(c6ccccc64)CCC=C5)cc3c2c1. The zero-order valence-electron chi connectivity index (χ0n) is 24.8. The molecule has 4 heteroatoms. The first-order valence-electron chi connectivity index (χ1n) is 15.6. The Balaban J connectivity index is 1.07. The van der Waals surface area contributed by atoms with E-state index in [1.54, 1.807) is 0 Å². The number of rotatable bonds is 5. The van der Waals surface area contributed by atoms with Gasteiger partial charge in [-0.15, -0.1) is 0 Å². The monoisotopic (exact) mass is 581 g/mol. The average Bonchev–Trinajstić information content (AvgIpc) is 3.74. The summed E-state index contributed by atoms with van der Waals surface area (Å²) in [6, 6.07) is 38.6. The zero-order valence-corrected chi connectivity index (χ0v) is 24.8. The van der Waals surface area contributed by atoms with Crippen LogP contribution in [0.15, 0.2) is 138 Å². The summed E-state index contributed by atoms with van der Waals surface area (Å²) in [5.41, 5.74) is 17.6. The summed E-state index contributed by atoms with van der Waals surface area (Å²) in [5, 5.41) is 6.05. The quantitative estimate of drug-likeness (QED) is 0.206. The highest BCUT2D eigenvalue weighted by Gasteiger charge is 2.19. The Bertz CT molecular complexity index is 2480. The van der Waals surface area contributed by atoms with E-state index in [4.69, 9.17) is 10.2 Å². The molecule has 2 N–H and O–H groups in total. The highest BCUT2D eigenvalue weighted by atomic mass is 16.3. The van der Waals surface area contributed by atoms with Crippen molar-refractivity contribution in [2.75, 3.05) is 0 Å². The van der Waals surface area contributed by atoms with E-state index in [1.807, 2.05) is 18.2 Å². The number of hydrogen-bond acceptors (Lipinski definition) is 2. The van der Waals surface area contributed by atoms with E-state index in [1.165, 1.54) is 44.0 Å². The minimum absolute atomic E-state index is 0.719. The van der Waals surface area contributed by atoms with Gasteiger partial charge in [-0.3, -0.25) is 0 Å². The molecule has 3 aromatic heterocycles. The van der Waals surface area contributed by atoms with Crippen molar-refractivity contribution in [1.82, 2.24) is 9.13 Å². The fourth-order valence-electron chi connectivity index (χ4n) is 7.18. The van der Waals surface area contributed by atoms with Crippen molar-refractivity contribution in [3.05, 3.63) is 150 Å². The Labute approximate surface area is 260 Å². The minimum Gasteiger partial charge on any atom is -0.456 e. The van der Waals surface area contributed by atoms with Crippen LogP contribution in [0.1, 0.15) is 23.2 Å². The Hall–Kier alpha value is -5.74. The first-order chi connectivity index (χ1) is 22.2. The molecule has 216 valence electrons. The lowest BCUT2D eigenvalue weighted by Gasteiger charge is -2.12. The second-order valence-electron chi connectivity index (χ2n) is 11.8. The lowest BCUT2D eigenvalue weighted by Crippen LogP contribution is -2.00. The van der Waals surface area contributed by atoms with Crippen LogP contribution in [-0.4, -0.2) is 9.13 Å². The molecule has 5 aromatic carbocycles. The first kappa shape index (κ1) is 25.7. The van der Waals surface area contributed by atoms with Gasteiger partial charge in [0, 0.05) is 61.6 Å². The number of fused-ring (bicyclic) bond motifs is 9. The molecule has 4 nitrogen and oxygen atoms in total. The molecule has 0 spiro atoms. The summed E-state index contributed by atoms with van der Waals surface area (Å²) in [7, 11) is 0. The molecule has 1 aliphatic rings. The number of para-hydroxylation sites is 3. The van der Waals surface area contributed by atoms with Gasteiger partial charge >= 0.3 is 0 Å². The first-order valence-corrected chi connectivity index (χ1v) is 15.6. The molecule has 0 saturated heterocycles. The molecule has 1 aliphatic carbocycles. The number of aryl methyl sites for hydroxylation is 1. The van der Waals surface area contributed by atoms with Gasteiger partial charge in [-0.25, -0.2) is 0 Å². The number of benzene rings is 5. The number of aromatic nitrogens is 2. The third-order valence-corrected chi connectivity index (χ3v) is 9.28. The van der Waals surface area contributed by atoms with Gasteiger partial charge in [0.05, 0.1) is 5.52 Å². The van der Waals surface area contributed by atoms with Crippen LogP contribution >= 0.6 is 0 Å². The molecular weight excluding hydrogens is 550 g/mol. The molecule has 0 unspecified atom stereocenters. The Kier molecular flexibility index (Phi) is 5.82. The third kappa shape index (κ3) is 4.06. The van der Waals surface area contributed by atoms with E-state index in [-0.39, 0.29) is 0 Å². The summed E-state index contributed by atoms with van der Waals surface area (Å²) in [5.74, 6) is 0. The Morgan fingerprint density at radius 1 is 0.711 bits per heavy atom. The Morgan fingerprint density at radius 3 is 2.16 bits per heavy atom. The maximum Gasteiger partial charge on any atom is 0.135 e. The molecule has 0 radical (unpaired) electrons. The van der Waals surface area contributed by atoms with Crippen LogP contribution in [0, 0.1) is 0 Å². The molecule has 8 aromatic rings. The second kappa shape index (κ2) is 10.2. The normalized spacial score (nSPS) is 13.7. The van der Waals surface area contributed by atoms with Gasteiger partial charge in [0.15, 0.2) is 0 Å². The van der Waals surface area contributed by atoms with Crippen molar-refractivity contribution in [3.8, 4) is 5.69 Å². The van der Waals surface area contributed by atoms with Gasteiger partial charge in [-0.2, -0.15) is 0 Å². The van der Waals surface area contributed by atoms with Crippen LogP contribution in [0.25, 0.3) is 72.1 Å². The van der Waals surface area contributed by atoms with Crippen LogP contribution in [0.3, 0.4) is 0 Å². The largest absolute Gasteiger partial charge is 0.456 e. The standard InChI is InChI=1S/C41H31N3O/c42-35(15-9-10-24-43-36-16-5-1-11-29(36)30-12-2-6-17-37(30)43)27-20-22-40-33(25-27)34-26-28(21-23-41(34)45-40)44-38-18-7-3-13-31(38)32-14-4-8-19-39(32)44/h1-3,5-13,15-23,25-26H,4,14,24,42H2/b10-9-,35-15-. The third-order valence-electron chi connectivity index (χ3n) is 9.28. The Morgan fingerprint density at radius 2 is 1.38 bits per heavy atom. The van der Waals surface area contributed by atoms with Crippen molar-refractivity contribution in [1.29, 1.82) is 0 Å². The van der Waals surface area contributed by atoms with E-state index < -0.39 is 0 Å². The molecule has 0 fully saturated rings. The minimum atomic E-state index is 0.719. The number of nitrogens with two attached hydrogens (primary N) is 1. The van der Waals surface area contributed by atoms with Crippen LogP contribution in [0.5, 0.6) is 0 Å². The highest BCUT2D eigenvalue weighted by Crippen LogP contribution is 2.37. The molecule has 9 rings (SSSR count). The highest BCUT2D eigenvalue weighted by molar-refractivity contribution is 6.08. The molecule has 0 atom stereocenters. The lowest BCUT2D eigenvalue weighted by molar-refractivity contribution is 0.669. The van der Waals surface area contributed by atoms with Crippen LogP contribution in [0.4, 0.5) is 0 Å². The van der Waals surface area contributed by atoms with E-state index in [0.29, 0.717) is 0 Å². The fraction of sp³-hybridized carbons (Fsp3) is 0.0732. The smallest absolute Gasteiger partial charge is 0.135 e. The summed E-state index contributed by atoms with van der Waals surface area (Å²) in [6.07, 6.45) is 12.9. The predicted molar refractivity (Wildman–Crippen MR) is 189 cm³/mol. The molecule has 0 amide bonds. The van der Waals surface area contributed by atoms with Crippen LogP contribution < -0.4 is 5.73 Å². The summed E-state index contributed by atoms with van der Waals surface area (Å²) in [6.45, 7) is 0.763. The summed E-state index contributed by atoms with van der Waals surface area (Å²) >= 11 is 0. The second-order valence-corrected chi connectivity index (χ2v) is 11.8. The van der Waals surface area contributed by atoms with Crippen molar-refractivity contribution in [2.24, 2.45) is 5.73 Å². The maximum absolute atomic E-state index is 6.65. The topological polar surface area (TPSA) is 49.0 Å². The number of furan rings is 1. The zero-order chi connectivity index (χ0) is 29.9. The number of nitrogens with zero attached hydrogens (tertiary/aromatic N) is 2. The molecule has 45 heavy (non-hydrogen) atoms. The van der Waals surface area contributed by atoms with Crippen LogP contribution in [0.2, 0.25) is 0 Å². The van der Waals surface area contributed by atoms with Crippen molar-refractivity contribution in [3.63, 3.8) is 0 Å². The van der Waals surface area contributed by atoms with Gasteiger partial charge < -0.3 is 19.3 Å². The van der Waals surface area contributed by atoms with Gasteiger partial charge in [0.1, 0.15) is 11.2 Å². The molecule has 0 aliphatic heterocycles. The van der Waals surface area contributed by atoms with E-state index in [2.05, 4.69) is 131 Å². The van der Waals surface area contributed by atoms with Crippen molar-refractivity contribution in [2.45, 2.75) is 19.4 Å². The fourth-order valence-corrected chi connectivity index (χ4v) is 7.18. The van der Waals surface area contributed by atoms with Gasteiger partial charge in [-0.05, 0) is 90.7 Å². The van der Waals surface area contributed by atoms with Gasteiger partial charge in [-0.1, -0.05) is 72.8 Å². The van der Waals surface area contributed by atoms with Crippen molar-refractivity contribution >= 4 is 66.4 Å². The number of allylic oxidation sites excluding steroid dienone is 4. The summed E-state index contributed by atoms with van der Waals surface area (Å²) < 4.78 is 11.0. The lowest BCUT2D eigenvalue weighted by atomic mass is 10.0. The van der Waals surface area contributed by atoms with E-state index in [9.17, 15) is 0 Å². The van der Waals surface area contributed by atoms with E-state index in [0.717, 1.165) is 58.3 Å². The molecule has 0 saturated carbocycles. The number of hydrogen-bond donors (Lipinski definition) is 1. The van der Waals surface area contributed by atoms with Gasteiger partial charge in [0.2, 0.25) is 0 Å². The predicted octanol–water partition coefficient (Wildman–Crippen LogP) is 10.2. The maximum atomic E-state index is 6.65. The molecule has 3 heterocycles. The van der Waals surface area contributed by atoms with Crippen LogP contribution in [-0.2, 0) is 13.0 Å². The molecular formula is C41H31N3O. The van der Waals surface area contributed by atoms with Gasteiger partial charge in [0.25, 0.3) is 0 Å². The molecule has 0 bridgehead atoms. The average molecular weight is 582 g/mol. The summed E-state index contributed by atoms with van der Waals surface area (Å²) in [4.78, 5) is 0. The van der Waals surface area contributed by atoms with E-state index >= 15 is 0 Å². The van der Waals surface area contributed by atoms with Crippen molar-refractivity contribution < 1.29 is 4.42 Å².